The van der Waals surface area contributed by atoms with E-state index in [-0.39, 0.29) is 0 Å². The number of rotatable bonds is 18. The summed E-state index contributed by atoms with van der Waals surface area (Å²) in [6.07, 6.45) is 5.32. The van der Waals surface area contributed by atoms with Gasteiger partial charge in [0, 0.05) is 39.1 Å². The molecule has 194 valence electrons. The van der Waals surface area contributed by atoms with Gasteiger partial charge in [-0.25, -0.2) is 0 Å². The predicted molar refractivity (Wildman–Crippen MR) is 153 cm³/mol. The Morgan fingerprint density at radius 3 is 1.06 bits per heavy atom. The average molecular weight is 558 g/mol. The van der Waals surface area contributed by atoms with E-state index in [0.717, 1.165) is 12.1 Å². The van der Waals surface area contributed by atoms with E-state index in [1.807, 2.05) is 34.6 Å². The standard InChI is InChI=1S/C9H20O3Si.C8H16O2Si.C6H10Cl2Si/c1-5-9-13(10-6-2,11-7-3)12-8-4;1-5-9-11(7-3,8-4)10-6-2;1-3-5-9(7,8)6-4-2/h5H,1,6-9H2,2-4H3;7-8H,3-6H2,1-2H3;3-4H,1-2,5-6H2. The molecule has 10 heteroatoms. The molecule has 0 fully saturated rings. The van der Waals surface area contributed by atoms with Crippen molar-refractivity contribution in [3.8, 4) is 0 Å². The summed E-state index contributed by atoms with van der Waals surface area (Å²) in [5.41, 5.74) is 3.49. The third-order valence-electron chi connectivity index (χ3n) is 3.68. The molecule has 0 atom stereocenters. The number of halogens is 2. The van der Waals surface area contributed by atoms with E-state index < -0.39 is 24.1 Å². The molecule has 0 heterocycles. The molecule has 33 heavy (non-hydrogen) atoms. The van der Waals surface area contributed by atoms with Crippen molar-refractivity contribution in [1.29, 1.82) is 0 Å². The molecular weight excluding hydrogens is 511 g/mol. The van der Waals surface area contributed by atoms with Crippen molar-refractivity contribution < 1.29 is 22.1 Å². The second kappa shape index (κ2) is 23.5. The minimum Gasteiger partial charge on any atom is -0.389 e. The molecule has 0 unspecified atom stereocenters. The normalized spacial score (nSPS) is 11.2. The van der Waals surface area contributed by atoms with Crippen LogP contribution in [-0.2, 0) is 22.1 Å². The first-order valence-electron chi connectivity index (χ1n) is 11.3. The van der Waals surface area contributed by atoms with Crippen LogP contribution < -0.4 is 0 Å². The largest absolute Gasteiger partial charge is 0.504 e. The monoisotopic (exact) mass is 556 g/mol. The molecule has 0 bridgehead atoms. The maximum absolute atomic E-state index is 5.90. The van der Waals surface area contributed by atoms with Gasteiger partial charge >= 0.3 is 17.4 Å². The maximum Gasteiger partial charge on any atom is 0.504 e. The maximum atomic E-state index is 5.90. The van der Waals surface area contributed by atoms with Gasteiger partial charge in [0.05, 0.1) is 0 Å². The summed E-state index contributed by atoms with van der Waals surface area (Å²) in [4.78, 5) is 0. The molecule has 0 rings (SSSR count). The molecule has 0 aromatic carbocycles. The van der Waals surface area contributed by atoms with E-state index in [2.05, 4.69) is 32.9 Å². The highest BCUT2D eigenvalue weighted by atomic mass is 35.7. The van der Waals surface area contributed by atoms with Gasteiger partial charge in [0.1, 0.15) is 0 Å². The van der Waals surface area contributed by atoms with Gasteiger partial charge in [-0.3, -0.25) is 0 Å². The zero-order valence-electron chi connectivity index (χ0n) is 21.4. The van der Waals surface area contributed by atoms with Crippen molar-refractivity contribution in [1.82, 2.24) is 0 Å². The second-order valence-corrected chi connectivity index (χ2v) is 19.2. The quantitative estimate of drug-likeness (QED) is 0.0995. The smallest absolute Gasteiger partial charge is 0.389 e. The first-order chi connectivity index (χ1) is 15.6. The summed E-state index contributed by atoms with van der Waals surface area (Å²) in [7, 11) is -4.63. The van der Waals surface area contributed by atoms with Crippen molar-refractivity contribution in [2.45, 2.75) is 52.8 Å². The lowest BCUT2D eigenvalue weighted by atomic mass is 10.7. The van der Waals surface area contributed by atoms with Gasteiger partial charge in [0.25, 0.3) is 6.69 Å². The molecule has 0 N–H and O–H groups in total. The van der Waals surface area contributed by atoms with Crippen LogP contribution in [0, 0.1) is 0 Å². The van der Waals surface area contributed by atoms with E-state index in [9.17, 15) is 0 Å². The van der Waals surface area contributed by atoms with Crippen LogP contribution in [0.1, 0.15) is 34.6 Å². The minimum atomic E-state index is -2.41. The molecule has 0 aromatic rings. The Hall–Kier alpha value is -0.269. The number of hydrogen-bond donors (Lipinski definition) is 0. The first-order valence-corrected chi connectivity index (χ1v) is 19.6. The molecule has 0 saturated heterocycles. The van der Waals surface area contributed by atoms with Gasteiger partial charge in [-0.15, -0.1) is 55.1 Å². The Labute approximate surface area is 216 Å². The Balaban J connectivity index is -0.000000416. The summed E-state index contributed by atoms with van der Waals surface area (Å²) < 4.78 is 27.6. The van der Waals surface area contributed by atoms with Crippen LogP contribution >= 0.6 is 22.2 Å². The minimum absolute atomic E-state index is 0.625. The fourth-order valence-electron chi connectivity index (χ4n) is 2.46. The Bertz CT molecular complexity index is 489. The lowest BCUT2D eigenvalue weighted by molar-refractivity contribution is 0.0743. The molecule has 0 amide bonds. The topological polar surface area (TPSA) is 46.2 Å². The van der Waals surface area contributed by atoms with Crippen LogP contribution in [0.25, 0.3) is 0 Å². The summed E-state index contributed by atoms with van der Waals surface area (Å²) in [5.74, 6) is 0. The SMILES string of the molecule is C=CC[Si](Cl)(Cl)CC=C.C=CC[Si](OCC)(OCC)OCC.C=C[Si](C=C)(OCC)OCC. The average Bonchev–Trinajstić information content (AvgIpc) is 2.75. The van der Waals surface area contributed by atoms with Gasteiger partial charge < -0.3 is 22.1 Å². The van der Waals surface area contributed by atoms with Gasteiger partial charge in [-0.2, -0.15) is 0 Å². The molecule has 0 radical (unpaired) electrons. The molecule has 0 saturated carbocycles. The first kappa shape index (κ1) is 37.3. The second-order valence-electron chi connectivity index (χ2n) is 6.31. The fourth-order valence-corrected chi connectivity index (χ4v) is 8.68. The van der Waals surface area contributed by atoms with E-state index in [1.54, 1.807) is 29.6 Å². The number of hydrogen-bond acceptors (Lipinski definition) is 5. The van der Waals surface area contributed by atoms with Crippen molar-refractivity contribution in [2.24, 2.45) is 0 Å². The fraction of sp³-hybridized carbons (Fsp3) is 0.565. The summed E-state index contributed by atoms with van der Waals surface area (Å²) in [6, 6.07) is 2.16. The van der Waals surface area contributed by atoms with E-state index in [4.69, 9.17) is 44.3 Å². The van der Waals surface area contributed by atoms with Gasteiger partial charge in [0.2, 0.25) is 0 Å². The van der Waals surface area contributed by atoms with E-state index in [0.29, 0.717) is 39.1 Å². The molecule has 5 nitrogen and oxygen atoms in total. The van der Waals surface area contributed by atoms with Crippen LogP contribution in [0.4, 0.5) is 0 Å². The Kier molecular flexibility index (Phi) is 26.5. The third kappa shape index (κ3) is 19.7. The number of allylic oxidation sites excluding steroid dienone is 3. The zero-order valence-corrected chi connectivity index (χ0v) is 25.9. The highest BCUT2D eigenvalue weighted by molar-refractivity contribution is 7.45. The van der Waals surface area contributed by atoms with Crippen molar-refractivity contribution in [3.63, 3.8) is 0 Å². The molecular formula is C23H46Cl2O5Si3. The predicted octanol–water partition coefficient (Wildman–Crippen LogP) is 7.45. The Morgan fingerprint density at radius 2 is 0.848 bits per heavy atom. The van der Waals surface area contributed by atoms with E-state index >= 15 is 0 Å². The van der Waals surface area contributed by atoms with Crippen molar-refractivity contribution in [2.75, 3.05) is 33.0 Å². The van der Waals surface area contributed by atoms with Crippen molar-refractivity contribution >= 4 is 46.2 Å². The van der Waals surface area contributed by atoms with Crippen LogP contribution in [0.2, 0.25) is 18.1 Å². The van der Waals surface area contributed by atoms with Crippen LogP contribution in [-0.4, -0.2) is 57.1 Å². The lowest BCUT2D eigenvalue weighted by Crippen LogP contribution is -2.45. The summed E-state index contributed by atoms with van der Waals surface area (Å²) in [5, 5.41) is 0. The summed E-state index contributed by atoms with van der Waals surface area (Å²) >= 11 is 11.8. The summed E-state index contributed by atoms with van der Waals surface area (Å²) in [6.45, 7) is 29.1. The van der Waals surface area contributed by atoms with Gasteiger partial charge in [0.15, 0.2) is 0 Å². The molecule has 0 aliphatic rings. The van der Waals surface area contributed by atoms with Gasteiger partial charge in [-0.1, -0.05) is 18.2 Å². The van der Waals surface area contributed by atoms with E-state index in [1.165, 1.54) is 0 Å². The van der Waals surface area contributed by atoms with Crippen LogP contribution in [0.5, 0.6) is 0 Å². The highest BCUT2D eigenvalue weighted by Crippen LogP contribution is 2.25. The Morgan fingerprint density at radius 1 is 0.545 bits per heavy atom. The highest BCUT2D eigenvalue weighted by Gasteiger charge is 2.38. The van der Waals surface area contributed by atoms with Crippen LogP contribution in [0.15, 0.2) is 62.5 Å². The van der Waals surface area contributed by atoms with Crippen molar-refractivity contribution in [3.05, 3.63) is 62.5 Å². The van der Waals surface area contributed by atoms with Crippen LogP contribution in [0.3, 0.4) is 0 Å². The molecule has 0 aliphatic carbocycles. The molecule has 0 aromatic heterocycles. The lowest BCUT2D eigenvalue weighted by Gasteiger charge is -2.27. The zero-order chi connectivity index (χ0) is 26.2. The molecule has 0 spiro atoms. The molecule has 0 aliphatic heterocycles. The van der Waals surface area contributed by atoms with Gasteiger partial charge in [-0.05, 0) is 58.1 Å². The third-order valence-corrected chi connectivity index (χ3v) is 12.9.